The van der Waals surface area contributed by atoms with Gasteiger partial charge in [0.05, 0.1) is 11.1 Å². The summed E-state index contributed by atoms with van der Waals surface area (Å²) in [6, 6.07) is 13.3. The van der Waals surface area contributed by atoms with E-state index in [4.69, 9.17) is 10.2 Å². The number of hydrogen-bond donors (Lipinski definition) is 2. The molecule has 0 saturated heterocycles. The minimum Gasteiger partial charge on any atom is -0.478 e. The van der Waals surface area contributed by atoms with Crippen molar-refractivity contribution in [2.24, 2.45) is 0 Å². The molecule has 54 heavy (non-hydrogen) atoms. The third-order valence-electron chi connectivity index (χ3n) is 10.9. The van der Waals surface area contributed by atoms with E-state index in [0.717, 1.165) is 0 Å². The van der Waals surface area contributed by atoms with Crippen molar-refractivity contribution >= 4 is 48.1 Å². The molecule has 0 radical (unpaired) electrons. The van der Waals surface area contributed by atoms with E-state index in [9.17, 15) is 9.59 Å². The molecule has 314 valence electrons. The zero-order valence-corrected chi connectivity index (χ0v) is 39.7. The fraction of sp³-hybridized carbons (Fsp3) is 0.696. The summed E-state index contributed by atoms with van der Waals surface area (Å²) in [4.78, 5) is 23.4. The molecule has 0 saturated carbocycles. The molecule has 0 heterocycles. The van der Waals surface area contributed by atoms with Crippen LogP contribution in [-0.4, -0.2) is 71.4 Å². The predicted molar refractivity (Wildman–Crippen MR) is 253 cm³/mol. The maximum Gasteiger partial charge on any atom is 0.336 e. The second-order valence-corrected chi connectivity index (χ2v) is 27.8. The third-order valence-corrected chi connectivity index (χ3v) is 24.7. The molecule has 4 nitrogen and oxygen atoms in total. The second kappa shape index (κ2) is 34.0. The largest absolute Gasteiger partial charge is 0.478 e. The molecule has 0 bridgehead atoms. The van der Waals surface area contributed by atoms with Crippen molar-refractivity contribution in [3.8, 4) is 0 Å². The summed E-state index contributed by atoms with van der Waals surface area (Å²) < 4.78 is 0. The van der Waals surface area contributed by atoms with Crippen LogP contribution in [0.1, 0.15) is 179 Å². The average Bonchev–Trinajstić information content (AvgIpc) is 3.19. The Morgan fingerprint density at radius 3 is 0.796 bits per heavy atom. The van der Waals surface area contributed by atoms with Crippen LogP contribution in [0.5, 0.6) is 0 Å². The third kappa shape index (κ3) is 23.2. The maximum atomic E-state index is 11.1. The minimum absolute atomic E-state index is 0.206. The van der Waals surface area contributed by atoms with Crippen LogP contribution >= 0.6 is 36.1 Å². The van der Waals surface area contributed by atoms with Crippen LogP contribution in [0.15, 0.2) is 58.3 Å². The molecule has 2 N–H and O–H groups in total. The number of unbranched alkanes of at least 4 members (excludes halogenated alkanes) is 8. The van der Waals surface area contributed by atoms with Gasteiger partial charge in [-0.2, -0.15) is 0 Å². The number of hydrogen-bond acceptors (Lipinski definition) is 4. The Kier molecular flexibility index (Phi) is 33.4. The SMILES string of the molecule is CCCC[PH](CCCC)(CCCC)CCCC.CCCC[PH](CCCC)(CCCC)CCCC.O=C(O)c1ccccc1SSc1ccccc1C(=O)O. The molecule has 2 aromatic carbocycles. The Balaban J connectivity index is 0.000000786. The summed E-state index contributed by atoms with van der Waals surface area (Å²) in [5, 5.41) is 18.2. The van der Waals surface area contributed by atoms with E-state index < -0.39 is 26.5 Å². The Labute approximate surface area is 343 Å². The Hall–Kier alpha value is -1.06. The van der Waals surface area contributed by atoms with Gasteiger partial charge in [-0.25, -0.2) is 9.59 Å². The summed E-state index contributed by atoms with van der Waals surface area (Å²) in [7, 11) is 0.706. The zero-order valence-electron chi connectivity index (χ0n) is 36.1. The van der Waals surface area contributed by atoms with Gasteiger partial charge in [0.15, 0.2) is 0 Å². The number of carboxylic acid groups (broad SMARTS) is 2. The molecule has 0 aromatic heterocycles. The first-order valence-electron chi connectivity index (χ1n) is 22.1. The minimum atomic E-state index is -1.000. The fourth-order valence-corrected chi connectivity index (χ4v) is 21.6. The number of carboxylic acids is 2. The van der Waals surface area contributed by atoms with Crippen LogP contribution in [0.4, 0.5) is 0 Å². The quantitative estimate of drug-likeness (QED) is 0.0629. The number of benzene rings is 2. The molecule has 0 unspecified atom stereocenters. The molecule has 0 aliphatic carbocycles. The molecular weight excluding hydrogens is 743 g/mol. The fourth-order valence-electron chi connectivity index (χ4n) is 7.44. The van der Waals surface area contributed by atoms with Crippen LogP contribution in [0.2, 0.25) is 0 Å². The average molecular weight is 827 g/mol. The summed E-state index contributed by atoms with van der Waals surface area (Å²) in [5.41, 5.74) is 0.413. The zero-order chi connectivity index (χ0) is 40.5. The van der Waals surface area contributed by atoms with Gasteiger partial charge in [-0.1, -0.05) is 45.9 Å². The van der Waals surface area contributed by atoms with Gasteiger partial charge in [-0.15, -0.1) is 0 Å². The van der Waals surface area contributed by atoms with Crippen molar-refractivity contribution < 1.29 is 19.8 Å². The Morgan fingerprint density at radius 1 is 0.407 bits per heavy atom. The monoisotopic (exact) mass is 827 g/mol. The van der Waals surface area contributed by atoms with E-state index in [1.54, 1.807) is 85.7 Å². The standard InChI is InChI=1S/2C16H37P.C14H10O4S2/c2*1-5-9-13-17(14-10-6-2,15-11-7-3)16-12-8-4;15-13(16)9-5-1-3-7-11(9)19-20-12-8-4-2-6-10(12)14(17)18/h2*17H,5-16H2,1-4H3;1-8H,(H,15,16)(H,17,18). The van der Waals surface area contributed by atoms with Gasteiger partial charge in [-0.3, -0.25) is 0 Å². The van der Waals surface area contributed by atoms with Gasteiger partial charge in [-0.05, 0) is 24.3 Å². The predicted octanol–water partition coefficient (Wildman–Crippen LogP) is 15.8. The van der Waals surface area contributed by atoms with E-state index in [2.05, 4.69) is 55.4 Å². The molecule has 0 atom stereocenters. The second-order valence-electron chi connectivity index (χ2n) is 15.6. The van der Waals surface area contributed by atoms with Crippen LogP contribution in [0.25, 0.3) is 0 Å². The molecule has 0 aliphatic rings. The van der Waals surface area contributed by atoms with E-state index in [-0.39, 0.29) is 11.1 Å². The van der Waals surface area contributed by atoms with Crippen LogP contribution in [0.3, 0.4) is 0 Å². The van der Waals surface area contributed by atoms with E-state index >= 15 is 0 Å². The van der Waals surface area contributed by atoms with Gasteiger partial charge in [0, 0.05) is 9.79 Å². The van der Waals surface area contributed by atoms with Gasteiger partial charge in [0.2, 0.25) is 0 Å². The van der Waals surface area contributed by atoms with E-state index in [1.165, 1.54) is 136 Å². The van der Waals surface area contributed by atoms with Crippen molar-refractivity contribution in [1.82, 2.24) is 0 Å². The molecular formula is C46H84O4P2S2. The summed E-state index contributed by atoms with van der Waals surface area (Å²) in [6.45, 7) is 18.9. The van der Waals surface area contributed by atoms with Gasteiger partial charge in [0.25, 0.3) is 0 Å². The molecule has 8 heteroatoms. The van der Waals surface area contributed by atoms with Crippen LogP contribution in [0, 0.1) is 0 Å². The summed E-state index contributed by atoms with van der Waals surface area (Å²) in [5.74, 6) is -2.00. The first-order chi connectivity index (χ1) is 26.1. The molecule has 2 aromatic rings. The summed E-state index contributed by atoms with van der Waals surface area (Å²) >= 11 is 0. The van der Waals surface area contributed by atoms with Crippen LogP contribution < -0.4 is 0 Å². The van der Waals surface area contributed by atoms with Crippen molar-refractivity contribution in [1.29, 1.82) is 0 Å². The van der Waals surface area contributed by atoms with Gasteiger partial charge >= 0.3 is 234 Å². The first-order valence-corrected chi connectivity index (χ1v) is 29.9. The number of rotatable bonds is 29. The maximum absolute atomic E-state index is 11.1. The molecule has 0 aliphatic heterocycles. The smallest absolute Gasteiger partial charge is 0.336 e. The van der Waals surface area contributed by atoms with Crippen molar-refractivity contribution in [2.75, 3.05) is 49.3 Å². The van der Waals surface area contributed by atoms with E-state index in [1.807, 2.05) is 0 Å². The topological polar surface area (TPSA) is 74.6 Å². The molecule has 0 amide bonds. The Morgan fingerprint density at radius 2 is 0.611 bits per heavy atom. The number of carbonyl (C=O) groups is 2. The van der Waals surface area contributed by atoms with Crippen molar-refractivity contribution in [2.45, 2.75) is 168 Å². The van der Waals surface area contributed by atoms with Gasteiger partial charge < -0.3 is 10.2 Å². The molecule has 2 rings (SSSR count). The van der Waals surface area contributed by atoms with Crippen molar-refractivity contribution in [3.05, 3.63) is 59.7 Å². The van der Waals surface area contributed by atoms with Crippen molar-refractivity contribution in [3.63, 3.8) is 0 Å². The Bertz CT molecular complexity index is 1060. The van der Waals surface area contributed by atoms with Crippen LogP contribution in [-0.2, 0) is 0 Å². The normalized spacial score (nSPS) is 11.9. The summed E-state index contributed by atoms with van der Waals surface area (Å²) in [6.07, 6.45) is 36.3. The number of aromatic carboxylic acids is 2. The van der Waals surface area contributed by atoms with Gasteiger partial charge in [0.1, 0.15) is 0 Å². The molecule has 0 fully saturated rings. The van der Waals surface area contributed by atoms with E-state index in [0.29, 0.717) is 9.79 Å². The first kappa shape index (κ1) is 52.9. The molecule has 0 spiro atoms.